The molecule has 0 atom stereocenters. The molecule has 0 saturated carbocycles. The zero-order chi connectivity index (χ0) is 19.6. The molecule has 5 nitrogen and oxygen atoms in total. The second-order valence-electron chi connectivity index (χ2n) is 6.11. The zero-order valence-electron chi connectivity index (χ0n) is 14.8. The smallest absolute Gasteiger partial charge is 0.269 e. The molecule has 6 heteroatoms. The third-order valence-electron chi connectivity index (χ3n) is 4.36. The minimum absolute atomic E-state index is 0.0319. The third-order valence-corrected chi connectivity index (χ3v) is 4.36. The van der Waals surface area contributed by atoms with E-state index in [2.05, 4.69) is 6.07 Å². The van der Waals surface area contributed by atoms with Crippen molar-refractivity contribution in [1.82, 2.24) is 4.57 Å². The molecule has 0 bridgehead atoms. The fourth-order valence-electron chi connectivity index (χ4n) is 3.02. The van der Waals surface area contributed by atoms with Crippen LogP contribution in [-0.4, -0.2) is 9.49 Å². The van der Waals surface area contributed by atoms with Crippen LogP contribution >= 0.6 is 0 Å². The van der Waals surface area contributed by atoms with E-state index in [9.17, 15) is 19.8 Å². The number of allylic oxidation sites excluding steroid dienone is 1. The standard InChI is InChI=1S/C21H16FN3O2/c1-14-11-17(12-18(13-23)16-3-5-19(22)6-4-16)15(2)24(14)20-7-9-21(10-8-20)25(26)27/h3-12H,1-2H3. The number of non-ortho nitro benzene ring substituents is 1. The quantitative estimate of drug-likeness (QED) is 0.364. The minimum Gasteiger partial charge on any atom is -0.318 e. The molecule has 3 aromatic rings. The lowest BCUT2D eigenvalue weighted by molar-refractivity contribution is -0.384. The molecule has 0 aliphatic rings. The Labute approximate surface area is 155 Å². The van der Waals surface area contributed by atoms with E-state index < -0.39 is 4.92 Å². The lowest BCUT2D eigenvalue weighted by Crippen LogP contribution is -1.99. The lowest BCUT2D eigenvalue weighted by atomic mass is 10.0. The first-order valence-corrected chi connectivity index (χ1v) is 8.22. The molecular formula is C21H16FN3O2. The van der Waals surface area contributed by atoms with Crippen molar-refractivity contribution >= 4 is 17.3 Å². The SMILES string of the molecule is Cc1cc(C=C(C#N)c2ccc(F)cc2)c(C)n1-c1ccc([N+](=O)[O-])cc1. The molecular weight excluding hydrogens is 345 g/mol. The molecule has 0 amide bonds. The first-order valence-electron chi connectivity index (χ1n) is 8.22. The summed E-state index contributed by atoms with van der Waals surface area (Å²) in [4.78, 5) is 10.4. The van der Waals surface area contributed by atoms with Gasteiger partial charge in [-0.1, -0.05) is 12.1 Å². The predicted octanol–water partition coefficient (Wildman–Crippen LogP) is 5.21. The highest BCUT2D eigenvalue weighted by Gasteiger charge is 2.12. The second-order valence-corrected chi connectivity index (χ2v) is 6.11. The number of hydrogen-bond donors (Lipinski definition) is 0. The van der Waals surface area contributed by atoms with Crippen molar-refractivity contribution in [3.63, 3.8) is 0 Å². The number of hydrogen-bond acceptors (Lipinski definition) is 3. The Morgan fingerprint density at radius 3 is 2.33 bits per heavy atom. The van der Waals surface area contributed by atoms with Crippen LogP contribution in [0.2, 0.25) is 0 Å². The van der Waals surface area contributed by atoms with Gasteiger partial charge >= 0.3 is 0 Å². The van der Waals surface area contributed by atoms with Crippen molar-refractivity contribution in [2.45, 2.75) is 13.8 Å². The largest absolute Gasteiger partial charge is 0.318 e. The fourth-order valence-corrected chi connectivity index (χ4v) is 3.02. The molecule has 2 aromatic carbocycles. The first kappa shape index (κ1) is 18.1. The molecule has 134 valence electrons. The van der Waals surface area contributed by atoms with Crippen LogP contribution in [0.4, 0.5) is 10.1 Å². The van der Waals surface area contributed by atoms with Crippen molar-refractivity contribution in [2.24, 2.45) is 0 Å². The maximum Gasteiger partial charge on any atom is 0.269 e. The van der Waals surface area contributed by atoms with E-state index in [1.54, 1.807) is 30.3 Å². The molecule has 0 aliphatic carbocycles. The zero-order valence-corrected chi connectivity index (χ0v) is 14.8. The van der Waals surface area contributed by atoms with Gasteiger partial charge in [0.2, 0.25) is 0 Å². The number of nitro groups is 1. The molecule has 0 unspecified atom stereocenters. The van der Waals surface area contributed by atoms with Crippen LogP contribution in [0.15, 0.2) is 54.6 Å². The highest BCUT2D eigenvalue weighted by molar-refractivity contribution is 5.90. The highest BCUT2D eigenvalue weighted by atomic mass is 19.1. The van der Waals surface area contributed by atoms with Gasteiger partial charge in [-0.25, -0.2) is 4.39 Å². The number of halogens is 1. The van der Waals surface area contributed by atoms with Crippen LogP contribution in [0, 0.1) is 41.1 Å². The normalized spacial score (nSPS) is 11.3. The van der Waals surface area contributed by atoms with E-state index >= 15 is 0 Å². The molecule has 0 spiro atoms. The van der Waals surface area contributed by atoms with Gasteiger partial charge in [0.15, 0.2) is 0 Å². The van der Waals surface area contributed by atoms with Gasteiger partial charge in [0, 0.05) is 29.2 Å². The maximum atomic E-state index is 13.1. The average molecular weight is 361 g/mol. The molecule has 0 aliphatic heterocycles. The second kappa shape index (κ2) is 7.26. The summed E-state index contributed by atoms with van der Waals surface area (Å²) in [7, 11) is 0. The Hall–Kier alpha value is -3.72. The van der Waals surface area contributed by atoms with Crippen molar-refractivity contribution in [3.8, 4) is 11.8 Å². The van der Waals surface area contributed by atoms with Crippen molar-refractivity contribution in [3.05, 3.63) is 93.0 Å². The summed E-state index contributed by atoms with van der Waals surface area (Å²) in [6.07, 6.45) is 1.76. The number of aryl methyl sites for hydroxylation is 1. The van der Waals surface area contributed by atoms with E-state index in [1.807, 2.05) is 24.5 Å². The van der Waals surface area contributed by atoms with Crippen LogP contribution < -0.4 is 0 Å². The predicted molar refractivity (Wildman–Crippen MR) is 102 cm³/mol. The molecule has 0 radical (unpaired) electrons. The van der Waals surface area contributed by atoms with Crippen molar-refractivity contribution in [1.29, 1.82) is 5.26 Å². The lowest BCUT2D eigenvalue weighted by Gasteiger charge is -2.09. The Morgan fingerprint density at radius 2 is 1.78 bits per heavy atom. The Balaban J connectivity index is 2.03. The summed E-state index contributed by atoms with van der Waals surface area (Å²) in [5, 5.41) is 20.3. The maximum absolute atomic E-state index is 13.1. The highest BCUT2D eigenvalue weighted by Crippen LogP contribution is 2.26. The van der Waals surface area contributed by atoms with Crippen LogP contribution in [0.25, 0.3) is 17.3 Å². The number of benzene rings is 2. The van der Waals surface area contributed by atoms with Gasteiger partial charge in [-0.3, -0.25) is 10.1 Å². The molecule has 27 heavy (non-hydrogen) atoms. The Bertz CT molecular complexity index is 1070. The van der Waals surface area contributed by atoms with E-state index in [-0.39, 0.29) is 11.5 Å². The molecule has 0 saturated heterocycles. The Kier molecular flexibility index (Phi) is 4.86. The van der Waals surface area contributed by atoms with E-state index in [4.69, 9.17) is 0 Å². The average Bonchev–Trinajstić information content (AvgIpc) is 2.94. The molecule has 0 fully saturated rings. The van der Waals surface area contributed by atoms with Gasteiger partial charge in [-0.2, -0.15) is 5.26 Å². The monoisotopic (exact) mass is 361 g/mol. The van der Waals surface area contributed by atoms with Gasteiger partial charge in [0.25, 0.3) is 5.69 Å². The number of nitrogens with zero attached hydrogens (tertiary/aromatic N) is 3. The van der Waals surface area contributed by atoms with E-state index in [1.165, 1.54) is 24.3 Å². The number of nitriles is 1. The molecule has 1 heterocycles. The summed E-state index contributed by atoms with van der Waals surface area (Å²) >= 11 is 0. The summed E-state index contributed by atoms with van der Waals surface area (Å²) in [5.74, 6) is -0.354. The van der Waals surface area contributed by atoms with Crippen LogP contribution in [-0.2, 0) is 0 Å². The summed E-state index contributed by atoms with van der Waals surface area (Å²) in [6, 6.07) is 16.2. The Morgan fingerprint density at radius 1 is 1.15 bits per heavy atom. The first-order chi connectivity index (χ1) is 12.9. The summed E-state index contributed by atoms with van der Waals surface area (Å²) in [5.41, 5.74) is 4.59. The van der Waals surface area contributed by atoms with Crippen LogP contribution in [0.5, 0.6) is 0 Å². The number of aromatic nitrogens is 1. The van der Waals surface area contributed by atoms with Gasteiger partial charge in [-0.15, -0.1) is 0 Å². The summed E-state index contributed by atoms with van der Waals surface area (Å²) < 4.78 is 15.1. The number of rotatable bonds is 4. The molecule has 1 aromatic heterocycles. The van der Waals surface area contributed by atoms with Crippen molar-refractivity contribution in [2.75, 3.05) is 0 Å². The molecule has 0 N–H and O–H groups in total. The van der Waals surface area contributed by atoms with Crippen LogP contribution in [0.1, 0.15) is 22.5 Å². The topological polar surface area (TPSA) is 71.9 Å². The minimum atomic E-state index is -0.435. The third kappa shape index (κ3) is 3.62. The van der Waals surface area contributed by atoms with Gasteiger partial charge in [0.05, 0.1) is 16.6 Å². The van der Waals surface area contributed by atoms with E-state index in [0.717, 1.165) is 22.6 Å². The van der Waals surface area contributed by atoms with Gasteiger partial charge < -0.3 is 4.57 Å². The molecule has 3 rings (SSSR count). The van der Waals surface area contributed by atoms with E-state index in [0.29, 0.717) is 11.1 Å². The van der Waals surface area contributed by atoms with Crippen molar-refractivity contribution < 1.29 is 9.31 Å². The summed E-state index contributed by atoms with van der Waals surface area (Å²) in [6.45, 7) is 3.84. The van der Waals surface area contributed by atoms with Gasteiger partial charge in [0.1, 0.15) is 5.82 Å². The van der Waals surface area contributed by atoms with Crippen LogP contribution in [0.3, 0.4) is 0 Å². The van der Waals surface area contributed by atoms with Gasteiger partial charge in [-0.05, 0) is 61.4 Å². The number of nitro benzene ring substituents is 1. The fraction of sp³-hybridized carbons (Fsp3) is 0.0952.